The Morgan fingerprint density at radius 2 is 1.90 bits per heavy atom. The van der Waals surface area contributed by atoms with E-state index in [1.807, 2.05) is 0 Å². The van der Waals surface area contributed by atoms with Crippen molar-refractivity contribution >= 4 is 5.69 Å². The van der Waals surface area contributed by atoms with Gasteiger partial charge in [0, 0.05) is 18.8 Å². The average Bonchev–Trinajstić information content (AvgIpc) is 2.47. The summed E-state index contributed by atoms with van der Waals surface area (Å²) < 4.78 is 0. The average molecular weight is 272 g/mol. The predicted octanol–water partition coefficient (Wildman–Crippen LogP) is 3.45. The molecule has 20 heavy (non-hydrogen) atoms. The van der Waals surface area contributed by atoms with E-state index in [0.29, 0.717) is 0 Å². The first-order valence-electron chi connectivity index (χ1n) is 8.31. The zero-order chi connectivity index (χ0) is 13.9. The fraction of sp³-hybridized carbons (Fsp3) is 0.667. The molecule has 1 aliphatic heterocycles. The van der Waals surface area contributed by atoms with E-state index in [-0.39, 0.29) is 0 Å². The molecule has 2 aliphatic rings. The van der Waals surface area contributed by atoms with Gasteiger partial charge in [0.25, 0.3) is 0 Å². The third-order valence-electron chi connectivity index (χ3n) is 5.26. The lowest BCUT2D eigenvalue weighted by Gasteiger charge is -2.40. The van der Waals surface area contributed by atoms with Crippen molar-refractivity contribution in [3.63, 3.8) is 0 Å². The number of benzene rings is 1. The summed E-state index contributed by atoms with van der Waals surface area (Å²) in [5, 5.41) is 0. The van der Waals surface area contributed by atoms with E-state index >= 15 is 0 Å². The van der Waals surface area contributed by atoms with Gasteiger partial charge in [-0.25, -0.2) is 0 Å². The summed E-state index contributed by atoms with van der Waals surface area (Å²) in [7, 11) is 0. The van der Waals surface area contributed by atoms with Crippen molar-refractivity contribution in [2.75, 3.05) is 24.5 Å². The zero-order valence-electron chi connectivity index (χ0n) is 12.7. The van der Waals surface area contributed by atoms with E-state index in [4.69, 9.17) is 5.73 Å². The third-order valence-corrected chi connectivity index (χ3v) is 5.26. The zero-order valence-corrected chi connectivity index (χ0v) is 12.7. The van der Waals surface area contributed by atoms with E-state index in [9.17, 15) is 0 Å². The quantitative estimate of drug-likeness (QED) is 0.913. The van der Waals surface area contributed by atoms with E-state index in [1.165, 1.54) is 56.4 Å². The van der Waals surface area contributed by atoms with Crippen LogP contribution in [0.2, 0.25) is 0 Å². The standard InChI is InChI=1S/C18H28N2/c1-14-10-15-6-4-5-9-18(15)20(12-14)13-17-8-3-2-7-16(17)11-19/h4-6,9,14,16-17H,2-3,7-8,10-13,19H2,1H3. The van der Waals surface area contributed by atoms with Crippen LogP contribution < -0.4 is 10.6 Å². The van der Waals surface area contributed by atoms with Crippen molar-refractivity contribution in [3.05, 3.63) is 29.8 Å². The molecule has 2 nitrogen and oxygen atoms in total. The lowest BCUT2D eigenvalue weighted by molar-refractivity contribution is 0.243. The van der Waals surface area contributed by atoms with Gasteiger partial charge in [-0.3, -0.25) is 0 Å². The SMILES string of the molecule is CC1Cc2ccccc2N(CC2CCCCC2CN)C1. The van der Waals surface area contributed by atoms with Gasteiger partial charge in [-0.15, -0.1) is 0 Å². The highest BCUT2D eigenvalue weighted by Gasteiger charge is 2.29. The van der Waals surface area contributed by atoms with Crippen LogP contribution in [-0.2, 0) is 6.42 Å². The number of rotatable bonds is 3. The molecule has 0 spiro atoms. The molecule has 0 amide bonds. The van der Waals surface area contributed by atoms with Crippen LogP contribution in [0, 0.1) is 17.8 Å². The fourth-order valence-electron chi connectivity index (χ4n) is 4.20. The maximum atomic E-state index is 6.00. The summed E-state index contributed by atoms with van der Waals surface area (Å²) in [6.45, 7) is 5.67. The molecule has 0 saturated heterocycles. The van der Waals surface area contributed by atoms with Gasteiger partial charge >= 0.3 is 0 Å². The molecule has 0 bridgehead atoms. The van der Waals surface area contributed by atoms with Crippen LogP contribution in [-0.4, -0.2) is 19.6 Å². The molecule has 1 aliphatic carbocycles. The predicted molar refractivity (Wildman–Crippen MR) is 86.0 cm³/mol. The summed E-state index contributed by atoms with van der Waals surface area (Å²) in [6, 6.07) is 8.97. The number of hydrogen-bond acceptors (Lipinski definition) is 2. The van der Waals surface area contributed by atoms with E-state index < -0.39 is 0 Å². The molecule has 3 rings (SSSR count). The van der Waals surface area contributed by atoms with E-state index in [2.05, 4.69) is 36.1 Å². The van der Waals surface area contributed by atoms with E-state index in [1.54, 1.807) is 0 Å². The molecular weight excluding hydrogens is 244 g/mol. The lowest BCUT2D eigenvalue weighted by Crippen LogP contribution is -2.41. The largest absolute Gasteiger partial charge is 0.371 e. The second kappa shape index (κ2) is 6.17. The minimum absolute atomic E-state index is 0.744. The summed E-state index contributed by atoms with van der Waals surface area (Å²) in [6.07, 6.45) is 6.72. The highest BCUT2D eigenvalue weighted by molar-refractivity contribution is 5.55. The Morgan fingerprint density at radius 1 is 1.15 bits per heavy atom. The molecule has 1 aromatic rings. The Balaban J connectivity index is 1.76. The highest BCUT2D eigenvalue weighted by atomic mass is 15.1. The molecular formula is C18H28N2. The van der Waals surface area contributed by atoms with Gasteiger partial charge in [-0.2, -0.15) is 0 Å². The number of hydrogen-bond donors (Lipinski definition) is 1. The highest BCUT2D eigenvalue weighted by Crippen LogP contribution is 2.34. The maximum absolute atomic E-state index is 6.00. The maximum Gasteiger partial charge on any atom is 0.0399 e. The lowest BCUT2D eigenvalue weighted by atomic mass is 9.78. The number of para-hydroxylation sites is 1. The molecule has 0 radical (unpaired) electrons. The fourth-order valence-corrected chi connectivity index (χ4v) is 4.20. The topological polar surface area (TPSA) is 29.3 Å². The molecule has 2 heteroatoms. The third kappa shape index (κ3) is 2.85. The molecule has 2 N–H and O–H groups in total. The first-order valence-corrected chi connectivity index (χ1v) is 8.31. The first kappa shape index (κ1) is 13.9. The smallest absolute Gasteiger partial charge is 0.0399 e. The minimum atomic E-state index is 0.744. The molecule has 0 aromatic heterocycles. The van der Waals surface area contributed by atoms with Crippen LogP contribution in [0.5, 0.6) is 0 Å². The van der Waals surface area contributed by atoms with Crippen molar-refractivity contribution in [2.45, 2.75) is 39.0 Å². The van der Waals surface area contributed by atoms with Gasteiger partial charge in [0.15, 0.2) is 0 Å². The van der Waals surface area contributed by atoms with Crippen LogP contribution in [0.25, 0.3) is 0 Å². The summed E-state index contributed by atoms with van der Waals surface area (Å²) in [4.78, 5) is 2.64. The minimum Gasteiger partial charge on any atom is -0.371 e. The summed E-state index contributed by atoms with van der Waals surface area (Å²) in [5.41, 5.74) is 9.01. The second-order valence-corrected chi connectivity index (χ2v) is 6.88. The number of fused-ring (bicyclic) bond motifs is 1. The first-order chi connectivity index (χ1) is 9.78. The van der Waals surface area contributed by atoms with Crippen molar-refractivity contribution < 1.29 is 0 Å². The van der Waals surface area contributed by atoms with Crippen LogP contribution >= 0.6 is 0 Å². The molecule has 1 saturated carbocycles. The van der Waals surface area contributed by atoms with Crippen LogP contribution in [0.3, 0.4) is 0 Å². The normalized spacial score (nSPS) is 30.1. The van der Waals surface area contributed by atoms with Crippen molar-refractivity contribution in [3.8, 4) is 0 Å². The molecule has 1 fully saturated rings. The van der Waals surface area contributed by atoms with Gasteiger partial charge in [0.1, 0.15) is 0 Å². The van der Waals surface area contributed by atoms with Crippen molar-refractivity contribution in [1.82, 2.24) is 0 Å². The summed E-state index contributed by atoms with van der Waals surface area (Å²) in [5.74, 6) is 2.31. The molecule has 3 atom stereocenters. The van der Waals surface area contributed by atoms with Gasteiger partial charge in [0.05, 0.1) is 0 Å². The molecule has 3 unspecified atom stereocenters. The Bertz CT molecular complexity index is 443. The van der Waals surface area contributed by atoms with Gasteiger partial charge < -0.3 is 10.6 Å². The monoisotopic (exact) mass is 272 g/mol. The molecule has 110 valence electrons. The molecule has 1 aromatic carbocycles. The van der Waals surface area contributed by atoms with Crippen molar-refractivity contribution in [2.24, 2.45) is 23.5 Å². The van der Waals surface area contributed by atoms with Gasteiger partial charge in [-0.05, 0) is 55.2 Å². The second-order valence-electron chi connectivity index (χ2n) is 6.88. The van der Waals surface area contributed by atoms with Crippen LogP contribution in [0.15, 0.2) is 24.3 Å². The van der Waals surface area contributed by atoms with E-state index in [0.717, 1.165) is 24.3 Å². The van der Waals surface area contributed by atoms with Crippen LogP contribution in [0.4, 0.5) is 5.69 Å². The Labute approximate surface area is 123 Å². The number of anilines is 1. The number of nitrogens with zero attached hydrogens (tertiary/aromatic N) is 1. The Morgan fingerprint density at radius 3 is 2.70 bits per heavy atom. The van der Waals surface area contributed by atoms with Gasteiger partial charge in [0.2, 0.25) is 0 Å². The molecule has 1 heterocycles. The van der Waals surface area contributed by atoms with Crippen molar-refractivity contribution in [1.29, 1.82) is 0 Å². The van der Waals surface area contributed by atoms with Crippen LogP contribution in [0.1, 0.15) is 38.2 Å². The number of nitrogens with two attached hydrogens (primary N) is 1. The van der Waals surface area contributed by atoms with Gasteiger partial charge in [-0.1, -0.05) is 38.0 Å². The summed E-state index contributed by atoms with van der Waals surface area (Å²) >= 11 is 0. The Kier molecular flexibility index (Phi) is 4.30. The Hall–Kier alpha value is -1.02.